The van der Waals surface area contributed by atoms with Crippen molar-refractivity contribution in [2.75, 3.05) is 32.7 Å². The Hall–Kier alpha value is -2.39. The summed E-state index contributed by atoms with van der Waals surface area (Å²) in [4.78, 5) is 2.45. The number of hydrogen-bond acceptors (Lipinski definition) is 3. The minimum Gasteiger partial charge on any atom is -0.316 e. The van der Waals surface area contributed by atoms with Gasteiger partial charge in [0.05, 0.1) is 18.1 Å². The summed E-state index contributed by atoms with van der Waals surface area (Å²) in [7, 11) is 0. The van der Waals surface area contributed by atoms with Gasteiger partial charge in [0.15, 0.2) is 0 Å². The van der Waals surface area contributed by atoms with Gasteiger partial charge < -0.3 is 14.8 Å². The minimum absolute atomic E-state index is 0.231. The number of piperidine rings is 1. The Morgan fingerprint density at radius 1 is 1.14 bits per heavy atom. The molecule has 0 aliphatic carbocycles. The second-order valence-electron chi connectivity index (χ2n) is 7.54. The van der Waals surface area contributed by atoms with Gasteiger partial charge in [0.2, 0.25) is 0 Å². The largest absolute Gasteiger partial charge is 0.316 e. The first-order valence-corrected chi connectivity index (χ1v) is 10.4. The molecule has 0 spiro atoms. The quantitative estimate of drug-likeness (QED) is 0.472. The summed E-state index contributed by atoms with van der Waals surface area (Å²) in [6, 6.07) is 14.7. The third-order valence-electron chi connectivity index (χ3n) is 5.74. The molecule has 6 heteroatoms. The lowest BCUT2D eigenvalue weighted by Crippen LogP contribution is -2.37. The van der Waals surface area contributed by atoms with Gasteiger partial charge in [-0.1, -0.05) is 11.6 Å². The Labute approximate surface area is 175 Å². The highest BCUT2D eigenvalue weighted by atomic mass is 35.5. The zero-order chi connectivity index (χ0) is 20.2. The molecule has 4 rings (SSSR count). The smallest absolute Gasteiger partial charge is 0.123 e. The molecule has 0 amide bonds. The summed E-state index contributed by atoms with van der Waals surface area (Å²) in [5.74, 6) is 0.242. The molecule has 1 aromatic heterocycles. The highest BCUT2D eigenvalue weighted by Crippen LogP contribution is 2.36. The van der Waals surface area contributed by atoms with Crippen molar-refractivity contribution < 1.29 is 4.39 Å². The molecule has 0 radical (unpaired) electrons. The maximum Gasteiger partial charge on any atom is 0.123 e. The lowest BCUT2D eigenvalue weighted by atomic mass is 9.89. The molecule has 2 heterocycles. The van der Waals surface area contributed by atoms with Crippen LogP contribution in [0.25, 0.3) is 16.6 Å². The Bertz CT molecular complexity index is 1010. The van der Waals surface area contributed by atoms with E-state index in [1.807, 2.05) is 30.3 Å². The average Bonchev–Trinajstić information content (AvgIpc) is 3.11. The van der Waals surface area contributed by atoms with Crippen LogP contribution in [-0.2, 0) is 0 Å². The van der Waals surface area contributed by atoms with Crippen LogP contribution in [0.5, 0.6) is 0 Å². The molecule has 29 heavy (non-hydrogen) atoms. The van der Waals surface area contributed by atoms with Gasteiger partial charge in [-0.3, -0.25) is 0 Å². The number of likely N-dealkylation sites (tertiary alicyclic amines) is 1. The van der Waals surface area contributed by atoms with Gasteiger partial charge in [-0.05, 0) is 79.9 Å². The van der Waals surface area contributed by atoms with Gasteiger partial charge in [-0.25, -0.2) is 4.39 Å². The highest BCUT2D eigenvalue weighted by Gasteiger charge is 2.24. The van der Waals surface area contributed by atoms with Crippen LogP contribution in [0.1, 0.15) is 24.3 Å². The van der Waals surface area contributed by atoms with E-state index in [-0.39, 0.29) is 5.82 Å². The minimum atomic E-state index is -0.231. The van der Waals surface area contributed by atoms with E-state index in [1.54, 1.807) is 0 Å². The molecule has 0 saturated carbocycles. The number of hydrogen-bond donors (Lipinski definition) is 1. The van der Waals surface area contributed by atoms with E-state index in [0.29, 0.717) is 12.5 Å². The maximum absolute atomic E-state index is 13.4. The Kier molecular flexibility index (Phi) is 6.15. The van der Waals surface area contributed by atoms with Crippen molar-refractivity contribution >= 4 is 22.5 Å². The number of fused-ring (bicyclic) bond motifs is 1. The predicted octanol–water partition coefficient (Wildman–Crippen LogP) is 4.72. The van der Waals surface area contributed by atoms with Crippen molar-refractivity contribution in [3.63, 3.8) is 0 Å². The number of rotatable bonds is 6. The SMILES string of the molecule is N#CCNCCN1CCC(c2cn(-c3ccc(F)cc3)c3ccc(Cl)cc23)CC1. The van der Waals surface area contributed by atoms with Crippen LogP contribution in [0, 0.1) is 17.1 Å². The van der Waals surface area contributed by atoms with Crippen molar-refractivity contribution in [2.24, 2.45) is 0 Å². The fourth-order valence-corrected chi connectivity index (χ4v) is 4.39. The van der Waals surface area contributed by atoms with Gasteiger partial charge >= 0.3 is 0 Å². The van der Waals surface area contributed by atoms with E-state index in [1.165, 1.54) is 23.1 Å². The second kappa shape index (κ2) is 8.96. The van der Waals surface area contributed by atoms with E-state index < -0.39 is 0 Å². The molecule has 0 unspecified atom stereocenters. The monoisotopic (exact) mass is 410 g/mol. The summed E-state index contributed by atoms with van der Waals surface area (Å²) < 4.78 is 15.5. The molecule has 0 bridgehead atoms. The molecule has 0 atom stereocenters. The number of halogens is 2. The summed E-state index contributed by atoms with van der Waals surface area (Å²) in [6.45, 7) is 4.31. The van der Waals surface area contributed by atoms with Crippen LogP contribution in [-0.4, -0.2) is 42.2 Å². The first kappa shape index (κ1) is 19.9. The second-order valence-corrected chi connectivity index (χ2v) is 7.98. The highest BCUT2D eigenvalue weighted by molar-refractivity contribution is 6.31. The molecule has 1 aliphatic rings. The summed E-state index contributed by atoms with van der Waals surface area (Å²) in [5.41, 5.74) is 3.36. The van der Waals surface area contributed by atoms with Gasteiger partial charge in [-0.2, -0.15) is 5.26 Å². The average molecular weight is 411 g/mol. The number of nitriles is 1. The van der Waals surface area contributed by atoms with Crippen LogP contribution in [0.2, 0.25) is 5.02 Å². The topological polar surface area (TPSA) is 44.0 Å². The number of aromatic nitrogens is 1. The Balaban J connectivity index is 1.56. The lowest BCUT2D eigenvalue weighted by molar-refractivity contribution is 0.214. The zero-order valence-corrected chi connectivity index (χ0v) is 17.0. The standard InChI is InChI=1S/C23H24ClFN4/c24-18-1-6-23-21(15-18)22(16-29(23)20-4-2-19(25)3-5-20)17-7-12-28(13-8-17)14-11-27-10-9-26/h1-6,15-17,27H,7-8,10-14H2. The van der Waals surface area contributed by atoms with Crippen LogP contribution in [0.3, 0.4) is 0 Å². The predicted molar refractivity (Wildman–Crippen MR) is 115 cm³/mol. The van der Waals surface area contributed by atoms with Crippen LogP contribution in [0.15, 0.2) is 48.7 Å². The van der Waals surface area contributed by atoms with Crippen molar-refractivity contribution in [1.82, 2.24) is 14.8 Å². The molecule has 2 aromatic carbocycles. The van der Waals surface area contributed by atoms with E-state index >= 15 is 0 Å². The van der Waals surface area contributed by atoms with Crippen molar-refractivity contribution in [3.05, 3.63) is 65.1 Å². The van der Waals surface area contributed by atoms with E-state index in [2.05, 4.69) is 27.0 Å². The molecule has 1 aliphatic heterocycles. The van der Waals surface area contributed by atoms with Crippen LogP contribution >= 0.6 is 11.6 Å². The van der Waals surface area contributed by atoms with E-state index in [9.17, 15) is 4.39 Å². The fraction of sp³-hybridized carbons (Fsp3) is 0.348. The third kappa shape index (κ3) is 4.45. The molecular weight excluding hydrogens is 387 g/mol. The van der Waals surface area contributed by atoms with Crippen LogP contribution in [0.4, 0.5) is 4.39 Å². The first-order valence-electron chi connectivity index (χ1n) is 10.0. The zero-order valence-electron chi connectivity index (χ0n) is 16.2. The number of nitrogens with zero attached hydrogens (tertiary/aromatic N) is 3. The van der Waals surface area contributed by atoms with Gasteiger partial charge in [-0.15, -0.1) is 0 Å². The first-order chi connectivity index (χ1) is 14.2. The fourth-order valence-electron chi connectivity index (χ4n) is 4.22. The summed E-state index contributed by atoms with van der Waals surface area (Å²) >= 11 is 6.31. The van der Waals surface area contributed by atoms with Crippen molar-refractivity contribution in [3.8, 4) is 11.8 Å². The Morgan fingerprint density at radius 2 is 1.90 bits per heavy atom. The molecule has 4 nitrogen and oxygen atoms in total. The molecule has 1 saturated heterocycles. The van der Waals surface area contributed by atoms with Crippen molar-refractivity contribution in [1.29, 1.82) is 5.26 Å². The Morgan fingerprint density at radius 3 is 2.62 bits per heavy atom. The normalized spacial score (nSPS) is 15.6. The van der Waals surface area contributed by atoms with Crippen LogP contribution < -0.4 is 5.32 Å². The van der Waals surface area contributed by atoms with Gasteiger partial charge in [0.25, 0.3) is 0 Å². The maximum atomic E-state index is 13.4. The molecule has 1 fully saturated rings. The molecular formula is C23H24ClFN4. The van der Waals surface area contributed by atoms with Gasteiger partial charge in [0, 0.05) is 35.4 Å². The number of benzene rings is 2. The number of nitrogens with one attached hydrogen (secondary N) is 1. The molecule has 150 valence electrons. The third-order valence-corrected chi connectivity index (χ3v) is 5.97. The van der Waals surface area contributed by atoms with E-state index in [4.69, 9.17) is 16.9 Å². The van der Waals surface area contributed by atoms with E-state index in [0.717, 1.165) is 55.2 Å². The van der Waals surface area contributed by atoms with Crippen molar-refractivity contribution in [2.45, 2.75) is 18.8 Å². The summed E-state index contributed by atoms with van der Waals surface area (Å²) in [5, 5.41) is 13.7. The van der Waals surface area contributed by atoms with Gasteiger partial charge in [0.1, 0.15) is 5.82 Å². The lowest BCUT2D eigenvalue weighted by Gasteiger charge is -2.32. The molecule has 3 aromatic rings. The summed E-state index contributed by atoms with van der Waals surface area (Å²) in [6.07, 6.45) is 4.38. The molecule has 1 N–H and O–H groups in total.